The summed E-state index contributed by atoms with van der Waals surface area (Å²) in [6.07, 6.45) is 2.93. The summed E-state index contributed by atoms with van der Waals surface area (Å²) >= 11 is 0. The molecular formula is C11H19N3O. The molecule has 15 heavy (non-hydrogen) atoms. The Morgan fingerprint density at radius 3 is 2.87 bits per heavy atom. The molecule has 2 atom stereocenters. The third-order valence-electron chi connectivity index (χ3n) is 2.99. The lowest BCUT2D eigenvalue weighted by Crippen LogP contribution is -2.29. The smallest absolute Gasteiger partial charge is 0.211 e. The van der Waals surface area contributed by atoms with E-state index < -0.39 is 0 Å². The second-order valence-corrected chi connectivity index (χ2v) is 4.49. The molecule has 2 heterocycles. The normalized spacial score (nSPS) is 23.6. The molecule has 0 amide bonds. The Morgan fingerprint density at radius 1 is 1.60 bits per heavy atom. The first kappa shape index (κ1) is 10.6. The molecule has 0 radical (unpaired) electrons. The fourth-order valence-corrected chi connectivity index (χ4v) is 2.30. The van der Waals surface area contributed by atoms with Gasteiger partial charge in [0.25, 0.3) is 0 Å². The Morgan fingerprint density at radius 2 is 2.40 bits per heavy atom. The maximum absolute atomic E-state index is 5.52. The van der Waals surface area contributed by atoms with E-state index in [0.29, 0.717) is 12.0 Å². The summed E-state index contributed by atoms with van der Waals surface area (Å²) in [7, 11) is 4.17. The summed E-state index contributed by atoms with van der Waals surface area (Å²) in [6.45, 7) is 4.13. The van der Waals surface area contributed by atoms with Crippen LogP contribution in [0.3, 0.4) is 0 Å². The summed E-state index contributed by atoms with van der Waals surface area (Å²) < 4.78 is 5.52. The Balaban J connectivity index is 2.18. The molecule has 0 aromatic carbocycles. The zero-order chi connectivity index (χ0) is 10.8. The highest BCUT2D eigenvalue weighted by Crippen LogP contribution is 2.30. The van der Waals surface area contributed by atoms with Gasteiger partial charge in [-0.3, -0.25) is 4.90 Å². The number of oxazole rings is 1. The van der Waals surface area contributed by atoms with Crippen LogP contribution in [0.1, 0.15) is 24.0 Å². The molecule has 84 valence electrons. The van der Waals surface area contributed by atoms with E-state index in [1.165, 1.54) is 6.42 Å². The van der Waals surface area contributed by atoms with Gasteiger partial charge in [0, 0.05) is 6.54 Å². The van der Waals surface area contributed by atoms with Gasteiger partial charge in [-0.2, -0.15) is 0 Å². The summed E-state index contributed by atoms with van der Waals surface area (Å²) in [6, 6.07) is 0.300. The van der Waals surface area contributed by atoms with Gasteiger partial charge in [0.05, 0.1) is 11.7 Å². The molecule has 1 N–H and O–H groups in total. The monoisotopic (exact) mass is 209 g/mol. The number of rotatable bonds is 3. The van der Waals surface area contributed by atoms with Crippen molar-refractivity contribution >= 4 is 0 Å². The van der Waals surface area contributed by atoms with Crippen LogP contribution in [-0.4, -0.2) is 37.1 Å². The molecule has 0 saturated carbocycles. The number of hydrogen-bond acceptors (Lipinski definition) is 4. The zero-order valence-electron chi connectivity index (χ0n) is 9.66. The highest BCUT2D eigenvalue weighted by molar-refractivity contribution is 5.01. The molecule has 1 aromatic heterocycles. The molecule has 1 fully saturated rings. The number of nitrogens with one attached hydrogen (secondary N) is 1. The number of nitrogens with zero attached hydrogens (tertiary/aromatic N) is 2. The molecule has 4 heteroatoms. The summed E-state index contributed by atoms with van der Waals surface area (Å²) in [5.41, 5.74) is 0.961. The summed E-state index contributed by atoms with van der Waals surface area (Å²) in [5.74, 6) is 1.46. The van der Waals surface area contributed by atoms with Crippen LogP contribution in [0.25, 0.3) is 0 Å². The van der Waals surface area contributed by atoms with Crippen LogP contribution in [0, 0.1) is 12.8 Å². The van der Waals surface area contributed by atoms with Crippen molar-refractivity contribution in [2.45, 2.75) is 19.4 Å². The second-order valence-electron chi connectivity index (χ2n) is 4.49. The summed E-state index contributed by atoms with van der Waals surface area (Å²) in [4.78, 5) is 6.64. The SMILES string of the molecule is Cc1coc(C(C2CCNC2)N(C)C)n1. The topological polar surface area (TPSA) is 41.3 Å². The quantitative estimate of drug-likeness (QED) is 0.812. The van der Waals surface area contributed by atoms with Crippen molar-refractivity contribution in [3.05, 3.63) is 17.8 Å². The highest BCUT2D eigenvalue weighted by atomic mass is 16.3. The zero-order valence-corrected chi connectivity index (χ0v) is 9.66. The van der Waals surface area contributed by atoms with E-state index in [1.807, 2.05) is 6.92 Å². The largest absolute Gasteiger partial charge is 0.447 e. The van der Waals surface area contributed by atoms with Gasteiger partial charge >= 0.3 is 0 Å². The van der Waals surface area contributed by atoms with Crippen LogP contribution >= 0.6 is 0 Å². The van der Waals surface area contributed by atoms with E-state index in [9.17, 15) is 0 Å². The first-order valence-electron chi connectivity index (χ1n) is 5.47. The van der Waals surface area contributed by atoms with Gasteiger partial charge in [-0.1, -0.05) is 0 Å². The minimum atomic E-state index is 0.300. The standard InChI is InChI=1S/C11H19N3O/c1-8-7-15-11(13-8)10(14(2)3)9-4-5-12-6-9/h7,9-10,12H,4-6H2,1-3H3. The van der Waals surface area contributed by atoms with E-state index in [1.54, 1.807) is 6.26 Å². The lowest BCUT2D eigenvalue weighted by atomic mass is 9.98. The van der Waals surface area contributed by atoms with Gasteiger partial charge < -0.3 is 9.73 Å². The lowest BCUT2D eigenvalue weighted by molar-refractivity contribution is 0.185. The number of aromatic nitrogens is 1. The van der Waals surface area contributed by atoms with Gasteiger partial charge in [-0.25, -0.2) is 4.98 Å². The molecule has 1 aliphatic heterocycles. The van der Waals surface area contributed by atoms with Crippen LogP contribution in [0.2, 0.25) is 0 Å². The Labute approximate surface area is 90.7 Å². The Hall–Kier alpha value is -0.870. The van der Waals surface area contributed by atoms with E-state index in [-0.39, 0.29) is 0 Å². The maximum atomic E-state index is 5.52. The van der Waals surface area contributed by atoms with Crippen LogP contribution in [-0.2, 0) is 0 Å². The van der Waals surface area contributed by atoms with Crippen molar-refractivity contribution in [2.75, 3.05) is 27.2 Å². The minimum Gasteiger partial charge on any atom is -0.447 e. The first-order valence-corrected chi connectivity index (χ1v) is 5.47. The molecule has 4 nitrogen and oxygen atoms in total. The van der Waals surface area contributed by atoms with Crippen molar-refractivity contribution in [1.82, 2.24) is 15.2 Å². The third kappa shape index (κ3) is 2.21. The molecule has 0 bridgehead atoms. The van der Waals surface area contributed by atoms with Crippen molar-refractivity contribution in [1.29, 1.82) is 0 Å². The first-order chi connectivity index (χ1) is 7.18. The average molecular weight is 209 g/mol. The van der Waals surface area contributed by atoms with E-state index in [0.717, 1.165) is 24.7 Å². The minimum absolute atomic E-state index is 0.300. The molecule has 0 aliphatic carbocycles. The van der Waals surface area contributed by atoms with Crippen molar-refractivity contribution in [3.63, 3.8) is 0 Å². The maximum Gasteiger partial charge on any atom is 0.211 e. The molecule has 1 aromatic rings. The second kappa shape index (κ2) is 4.33. The molecule has 2 rings (SSSR count). The van der Waals surface area contributed by atoms with Gasteiger partial charge in [-0.15, -0.1) is 0 Å². The third-order valence-corrected chi connectivity index (χ3v) is 2.99. The highest BCUT2D eigenvalue weighted by Gasteiger charge is 2.31. The van der Waals surface area contributed by atoms with E-state index >= 15 is 0 Å². The van der Waals surface area contributed by atoms with Gasteiger partial charge in [0.2, 0.25) is 5.89 Å². The fraction of sp³-hybridized carbons (Fsp3) is 0.727. The Kier molecular flexibility index (Phi) is 3.07. The van der Waals surface area contributed by atoms with Gasteiger partial charge in [0.1, 0.15) is 6.26 Å². The van der Waals surface area contributed by atoms with Gasteiger partial charge in [0.15, 0.2) is 0 Å². The average Bonchev–Trinajstić information content (AvgIpc) is 2.77. The van der Waals surface area contributed by atoms with E-state index in [2.05, 4.69) is 29.3 Å². The van der Waals surface area contributed by atoms with Crippen LogP contribution < -0.4 is 5.32 Å². The molecule has 0 spiro atoms. The van der Waals surface area contributed by atoms with Crippen molar-refractivity contribution < 1.29 is 4.42 Å². The van der Waals surface area contributed by atoms with Crippen molar-refractivity contribution in [2.24, 2.45) is 5.92 Å². The molecule has 1 saturated heterocycles. The number of hydrogen-bond donors (Lipinski definition) is 1. The Bertz CT molecular complexity index is 315. The van der Waals surface area contributed by atoms with Gasteiger partial charge in [-0.05, 0) is 39.9 Å². The lowest BCUT2D eigenvalue weighted by Gasteiger charge is -2.26. The number of aryl methyl sites for hydroxylation is 1. The summed E-state index contributed by atoms with van der Waals surface area (Å²) in [5, 5.41) is 3.39. The van der Waals surface area contributed by atoms with Crippen LogP contribution in [0.5, 0.6) is 0 Å². The van der Waals surface area contributed by atoms with E-state index in [4.69, 9.17) is 4.42 Å². The van der Waals surface area contributed by atoms with Crippen LogP contribution in [0.15, 0.2) is 10.7 Å². The fourth-order valence-electron chi connectivity index (χ4n) is 2.30. The molecular weight excluding hydrogens is 190 g/mol. The molecule has 1 aliphatic rings. The predicted molar refractivity (Wildman–Crippen MR) is 58.6 cm³/mol. The van der Waals surface area contributed by atoms with Crippen LogP contribution in [0.4, 0.5) is 0 Å². The molecule has 2 unspecified atom stereocenters. The predicted octanol–water partition coefficient (Wildman–Crippen LogP) is 1.20. The van der Waals surface area contributed by atoms with Crippen molar-refractivity contribution in [3.8, 4) is 0 Å².